The van der Waals surface area contributed by atoms with Crippen molar-refractivity contribution in [2.75, 3.05) is 11.4 Å². The minimum absolute atomic E-state index is 0.0596. The molecule has 8 nitrogen and oxygen atoms in total. The molecule has 1 saturated heterocycles. The summed E-state index contributed by atoms with van der Waals surface area (Å²) in [6.07, 6.45) is 2.85. The Bertz CT molecular complexity index is 759. The lowest BCUT2D eigenvalue weighted by molar-refractivity contribution is -0.163. The van der Waals surface area contributed by atoms with E-state index in [9.17, 15) is 14.4 Å². The molecule has 0 radical (unpaired) electrons. The van der Waals surface area contributed by atoms with Gasteiger partial charge in [-0.05, 0) is 37.5 Å². The lowest BCUT2D eigenvalue weighted by Crippen LogP contribution is -2.57. The number of piperidine rings is 1. The summed E-state index contributed by atoms with van der Waals surface area (Å²) in [5, 5.41) is 3.45. The van der Waals surface area contributed by atoms with Crippen LogP contribution in [-0.2, 0) is 19.1 Å². The summed E-state index contributed by atoms with van der Waals surface area (Å²) in [6.45, 7) is 5.23. The Balaban J connectivity index is 2.15. The minimum Gasteiger partial charge on any atom is -0.451 e. The summed E-state index contributed by atoms with van der Waals surface area (Å²) < 4.78 is 5.34. The molecular weight excluding hydrogens is 348 g/mol. The van der Waals surface area contributed by atoms with Crippen LogP contribution < -0.4 is 16.5 Å². The molecule has 8 heteroatoms. The Morgan fingerprint density at radius 1 is 1.41 bits per heavy atom. The van der Waals surface area contributed by atoms with Gasteiger partial charge in [0.2, 0.25) is 0 Å². The third-order valence-electron chi connectivity index (χ3n) is 4.53. The maximum absolute atomic E-state index is 12.8. The van der Waals surface area contributed by atoms with Crippen molar-refractivity contribution in [3.63, 3.8) is 0 Å². The molecule has 1 aromatic carbocycles. The van der Waals surface area contributed by atoms with Crippen molar-refractivity contribution in [2.45, 2.75) is 37.8 Å². The number of carbonyl (C=O) groups is 3. The number of rotatable bonds is 7. The van der Waals surface area contributed by atoms with E-state index in [0.29, 0.717) is 25.1 Å². The fraction of sp³-hybridized carbons (Fsp3) is 0.368. The molecular formula is C19H24N4O4. The number of ketones is 1. The van der Waals surface area contributed by atoms with E-state index in [4.69, 9.17) is 16.3 Å². The first-order valence-electron chi connectivity index (χ1n) is 8.60. The monoisotopic (exact) mass is 372 g/mol. The summed E-state index contributed by atoms with van der Waals surface area (Å²) in [5.74, 6) is 3.32. The molecule has 2 rings (SSSR count). The van der Waals surface area contributed by atoms with E-state index in [0.717, 1.165) is 5.56 Å². The summed E-state index contributed by atoms with van der Waals surface area (Å²) >= 11 is 0. The van der Waals surface area contributed by atoms with Crippen molar-refractivity contribution in [1.82, 2.24) is 0 Å². The van der Waals surface area contributed by atoms with E-state index in [1.165, 1.54) is 19.2 Å². The Morgan fingerprint density at radius 2 is 2.07 bits per heavy atom. The Morgan fingerprint density at radius 3 is 2.63 bits per heavy atom. The van der Waals surface area contributed by atoms with Gasteiger partial charge in [-0.25, -0.2) is 4.79 Å². The van der Waals surface area contributed by atoms with Crippen LogP contribution in [0.5, 0.6) is 0 Å². The number of Topliss-reactive ketones (excluding diaryl/α,β-unsaturated/α-hetero) is 1. The van der Waals surface area contributed by atoms with E-state index >= 15 is 0 Å². The predicted molar refractivity (Wildman–Crippen MR) is 102 cm³/mol. The number of ether oxygens (including phenoxy) is 1. The molecule has 0 aliphatic carbocycles. The number of nitrogens with two attached hydrogens (primary N) is 2. The number of hydrogen-bond donors (Lipinski definition) is 2. The molecule has 1 amide bonds. The van der Waals surface area contributed by atoms with Crippen LogP contribution in [0.3, 0.4) is 0 Å². The summed E-state index contributed by atoms with van der Waals surface area (Å²) in [5.41, 5.74) is 5.55. The standard InChI is InChI=1S/C19H24N4O4/c1-3-10-19(20,13(2)24)18(26)27-16-5-4-11-23(17(16)25)15-8-6-14(7-9-15)12-22-21/h3,6-9,12,16H,1,4-5,10-11,20-21H2,2H3. The van der Waals surface area contributed by atoms with E-state index in [-0.39, 0.29) is 12.3 Å². The first-order chi connectivity index (χ1) is 12.8. The highest BCUT2D eigenvalue weighted by Gasteiger charge is 2.43. The van der Waals surface area contributed by atoms with Crippen molar-refractivity contribution in [2.24, 2.45) is 16.7 Å². The molecule has 2 unspecified atom stereocenters. The fourth-order valence-corrected chi connectivity index (χ4v) is 2.87. The van der Waals surface area contributed by atoms with Gasteiger partial charge >= 0.3 is 5.97 Å². The zero-order valence-corrected chi connectivity index (χ0v) is 15.3. The van der Waals surface area contributed by atoms with Crippen molar-refractivity contribution in [1.29, 1.82) is 0 Å². The molecule has 0 aromatic heterocycles. The molecule has 2 atom stereocenters. The van der Waals surface area contributed by atoms with Gasteiger partial charge in [-0.2, -0.15) is 5.10 Å². The van der Waals surface area contributed by atoms with Crippen LogP contribution >= 0.6 is 0 Å². The number of esters is 1. The summed E-state index contributed by atoms with van der Waals surface area (Å²) in [7, 11) is 0. The van der Waals surface area contributed by atoms with Crippen LogP contribution in [0.1, 0.15) is 31.7 Å². The molecule has 1 heterocycles. The summed E-state index contributed by atoms with van der Waals surface area (Å²) in [6, 6.07) is 7.08. The smallest absolute Gasteiger partial charge is 0.334 e. The van der Waals surface area contributed by atoms with Crippen LogP contribution in [0, 0.1) is 0 Å². The second kappa shape index (κ2) is 8.59. The van der Waals surface area contributed by atoms with Gasteiger partial charge in [-0.1, -0.05) is 18.2 Å². The third kappa shape index (κ3) is 4.40. The van der Waals surface area contributed by atoms with E-state index in [1.807, 2.05) is 0 Å². The maximum Gasteiger partial charge on any atom is 0.334 e. The van der Waals surface area contributed by atoms with Gasteiger partial charge in [0.25, 0.3) is 5.91 Å². The lowest BCUT2D eigenvalue weighted by Gasteiger charge is -2.33. The normalized spacial score (nSPS) is 19.6. The molecule has 0 bridgehead atoms. The van der Waals surface area contributed by atoms with Gasteiger partial charge in [0.05, 0.1) is 6.21 Å². The Hall–Kier alpha value is -3.00. The first kappa shape index (κ1) is 20.3. The SMILES string of the molecule is C=CCC(N)(C(C)=O)C(=O)OC1CCCN(c2ccc(C=NN)cc2)C1=O. The van der Waals surface area contributed by atoms with Gasteiger partial charge < -0.3 is 21.2 Å². The number of anilines is 1. The first-order valence-corrected chi connectivity index (χ1v) is 8.60. The molecule has 4 N–H and O–H groups in total. The van der Waals surface area contributed by atoms with Crippen molar-refractivity contribution < 1.29 is 19.1 Å². The number of hydrazone groups is 1. The van der Waals surface area contributed by atoms with E-state index in [1.54, 1.807) is 29.2 Å². The Kier molecular flexibility index (Phi) is 6.46. The fourth-order valence-electron chi connectivity index (χ4n) is 2.87. The quantitative estimate of drug-likeness (QED) is 0.183. The van der Waals surface area contributed by atoms with Crippen LogP contribution in [0.25, 0.3) is 0 Å². The molecule has 1 aliphatic rings. The van der Waals surface area contributed by atoms with Crippen molar-refractivity contribution in [3.8, 4) is 0 Å². The molecule has 0 saturated carbocycles. The van der Waals surface area contributed by atoms with Gasteiger partial charge in [-0.3, -0.25) is 9.59 Å². The molecule has 144 valence electrons. The highest BCUT2D eigenvalue weighted by atomic mass is 16.6. The second-order valence-corrected chi connectivity index (χ2v) is 6.42. The molecule has 0 spiro atoms. The van der Waals surface area contributed by atoms with Crippen molar-refractivity contribution >= 4 is 29.6 Å². The highest BCUT2D eigenvalue weighted by molar-refractivity contribution is 6.08. The maximum atomic E-state index is 12.8. The zero-order valence-electron chi connectivity index (χ0n) is 15.3. The number of carbonyl (C=O) groups excluding carboxylic acids is 3. The van der Waals surface area contributed by atoms with Crippen molar-refractivity contribution in [3.05, 3.63) is 42.5 Å². The van der Waals surface area contributed by atoms with Crippen LogP contribution in [0.2, 0.25) is 0 Å². The predicted octanol–water partition coefficient (Wildman–Crippen LogP) is 0.880. The molecule has 1 aliphatic heterocycles. The Labute approximate surface area is 157 Å². The van der Waals surface area contributed by atoms with E-state index < -0.39 is 23.4 Å². The number of benzene rings is 1. The number of hydrogen-bond acceptors (Lipinski definition) is 7. The molecule has 27 heavy (non-hydrogen) atoms. The van der Waals surface area contributed by atoms with E-state index in [2.05, 4.69) is 11.7 Å². The topological polar surface area (TPSA) is 128 Å². The average molecular weight is 372 g/mol. The van der Waals surface area contributed by atoms with Gasteiger partial charge in [0, 0.05) is 18.7 Å². The average Bonchev–Trinajstić information content (AvgIpc) is 2.64. The second-order valence-electron chi connectivity index (χ2n) is 6.42. The zero-order chi connectivity index (χ0) is 20.0. The van der Waals surface area contributed by atoms with Crippen LogP contribution in [0.4, 0.5) is 5.69 Å². The highest BCUT2D eigenvalue weighted by Crippen LogP contribution is 2.24. The largest absolute Gasteiger partial charge is 0.451 e. The van der Waals surface area contributed by atoms with Gasteiger partial charge in [0.15, 0.2) is 17.4 Å². The number of nitrogens with zero attached hydrogens (tertiary/aromatic N) is 2. The molecule has 1 aromatic rings. The van der Waals surface area contributed by atoms with Crippen LogP contribution in [0.15, 0.2) is 42.0 Å². The van der Waals surface area contributed by atoms with Crippen LogP contribution in [-0.4, -0.2) is 42.1 Å². The minimum atomic E-state index is -1.83. The third-order valence-corrected chi connectivity index (χ3v) is 4.53. The lowest BCUT2D eigenvalue weighted by atomic mass is 9.92. The molecule has 1 fully saturated rings. The number of amides is 1. The van der Waals surface area contributed by atoms with Gasteiger partial charge in [-0.15, -0.1) is 6.58 Å². The van der Waals surface area contributed by atoms with Gasteiger partial charge in [0.1, 0.15) is 0 Å². The summed E-state index contributed by atoms with van der Waals surface area (Å²) in [4.78, 5) is 38.6.